The van der Waals surface area contributed by atoms with Crippen molar-refractivity contribution in [3.8, 4) is 0 Å². The highest BCUT2D eigenvalue weighted by Gasteiger charge is 2.39. The predicted octanol–water partition coefficient (Wildman–Crippen LogP) is 3.54. The molecule has 0 aromatic heterocycles. The molecule has 1 saturated heterocycles. The molecule has 19 heavy (non-hydrogen) atoms. The van der Waals surface area contributed by atoms with Crippen molar-refractivity contribution in [2.24, 2.45) is 5.41 Å². The molecule has 3 nitrogen and oxygen atoms in total. The van der Waals surface area contributed by atoms with Crippen LogP contribution in [-0.4, -0.2) is 29.6 Å². The summed E-state index contributed by atoms with van der Waals surface area (Å²) in [5.74, 6) is 0.327. The highest BCUT2D eigenvalue weighted by atomic mass is 16.2. The molecule has 0 saturated carbocycles. The van der Waals surface area contributed by atoms with Gasteiger partial charge < -0.3 is 4.90 Å². The molecule has 2 atom stereocenters. The van der Waals surface area contributed by atoms with Crippen LogP contribution in [-0.2, 0) is 4.79 Å². The van der Waals surface area contributed by atoms with E-state index in [-0.39, 0.29) is 17.6 Å². The summed E-state index contributed by atoms with van der Waals surface area (Å²) in [5, 5.41) is 3.55. The molecule has 1 N–H and O–H groups in total. The van der Waals surface area contributed by atoms with E-state index in [0.717, 1.165) is 45.1 Å². The van der Waals surface area contributed by atoms with Gasteiger partial charge in [-0.25, -0.2) is 0 Å². The molecule has 1 fully saturated rings. The molecule has 1 aliphatic rings. The van der Waals surface area contributed by atoms with E-state index in [1.54, 1.807) is 0 Å². The summed E-state index contributed by atoms with van der Waals surface area (Å²) in [6, 6.07) is 0.0594. The molecule has 0 aliphatic carbocycles. The highest BCUT2D eigenvalue weighted by molar-refractivity contribution is 5.84. The first kappa shape index (κ1) is 16.5. The van der Waals surface area contributed by atoms with Gasteiger partial charge in [-0.1, -0.05) is 53.9 Å². The fraction of sp³-hybridized carbons (Fsp3) is 0.938. The van der Waals surface area contributed by atoms with Crippen LogP contribution in [0.3, 0.4) is 0 Å². The number of unbranched alkanes of at least 4 members (excludes halogenated alkanes) is 1. The molecule has 1 amide bonds. The van der Waals surface area contributed by atoms with Crippen molar-refractivity contribution in [1.29, 1.82) is 0 Å². The standard InChI is InChI=1S/C16H32N2O/c1-6-9-11-13-15(19)18(12-16(4,5)8-3)14(17-13)10-7-2/h13-14,17H,6-12H2,1-5H3. The van der Waals surface area contributed by atoms with E-state index in [4.69, 9.17) is 0 Å². The summed E-state index contributed by atoms with van der Waals surface area (Å²) in [7, 11) is 0. The lowest BCUT2D eigenvalue weighted by atomic mass is 9.89. The van der Waals surface area contributed by atoms with Crippen molar-refractivity contribution < 1.29 is 4.79 Å². The number of hydrogen-bond acceptors (Lipinski definition) is 2. The molecule has 2 unspecified atom stereocenters. The number of carbonyl (C=O) groups is 1. The van der Waals surface area contributed by atoms with Crippen molar-refractivity contribution in [3.05, 3.63) is 0 Å². The molecular weight excluding hydrogens is 236 g/mol. The summed E-state index contributed by atoms with van der Waals surface area (Å²) < 4.78 is 0. The third kappa shape index (κ3) is 4.48. The maximum absolute atomic E-state index is 12.6. The lowest BCUT2D eigenvalue weighted by Crippen LogP contribution is -2.42. The second-order valence-corrected chi connectivity index (χ2v) is 6.65. The summed E-state index contributed by atoms with van der Waals surface area (Å²) in [6.45, 7) is 12.0. The van der Waals surface area contributed by atoms with Crippen LogP contribution in [0.2, 0.25) is 0 Å². The summed E-state index contributed by atoms with van der Waals surface area (Å²) >= 11 is 0. The number of carbonyl (C=O) groups excluding carboxylic acids is 1. The van der Waals surface area contributed by atoms with Crippen LogP contribution >= 0.6 is 0 Å². The maximum Gasteiger partial charge on any atom is 0.241 e. The van der Waals surface area contributed by atoms with Gasteiger partial charge in [0.05, 0.1) is 12.2 Å². The Labute approximate surface area is 119 Å². The average molecular weight is 268 g/mol. The third-order valence-corrected chi connectivity index (χ3v) is 4.31. The third-order valence-electron chi connectivity index (χ3n) is 4.31. The zero-order valence-corrected chi connectivity index (χ0v) is 13.5. The second kappa shape index (κ2) is 7.28. The normalized spacial score (nSPS) is 24.3. The first-order valence-corrected chi connectivity index (χ1v) is 8.01. The van der Waals surface area contributed by atoms with Gasteiger partial charge in [0, 0.05) is 6.54 Å². The van der Waals surface area contributed by atoms with Gasteiger partial charge >= 0.3 is 0 Å². The van der Waals surface area contributed by atoms with E-state index in [0.29, 0.717) is 5.91 Å². The van der Waals surface area contributed by atoms with Crippen LogP contribution in [0.5, 0.6) is 0 Å². The van der Waals surface area contributed by atoms with Gasteiger partial charge in [0.15, 0.2) is 0 Å². The van der Waals surface area contributed by atoms with E-state index >= 15 is 0 Å². The molecule has 0 aromatic rings. The smallest absolute Gasteiger partial charge is 0.241 e. The maximum atomic E-state index is 12.6. The van der Waals surface area contributed by atoms with Crippen LogP contribution in [0.1, 0.15) is 73.1 Å². The van der Waals surface area contributed by atoms with Crippen LogP contribution < -0.4 is 5.32 Å². The fourth-order valence-electron chi connectivity index (χ4n) is 2.64. The van der Waals surface area contributed by atoms with Crippen LogP contribution in [0.15, 0.2) is 0 Å². The Morgan fingerprint density at radius 1 is 1.16 bits per heavy atom. The minimum Gasteiger partial charge on any atom is -0.325 e. The monoisotopic (exact) mass is 268 g/mol. The lowest BCUT2D eigenvalue weighted by Gasteiger charge is -2.32. The van der Waals surface area contributed by atoms with E-state index in [9.17, 15) is 4.79 Å². The molecule has 0 radical (unpaired) electrons. The van der Waals surface area contributed by atoms with Crippen LogP contribution in [0.25, 0.3) is 0 Å². The van der Waals surface area contributed by atoms with E-state index in [2.05, 4.69) is 44.8 Å². The van der Waals surface area contributed by atoms with E-state index < -0.39 is 0 Å². The van der Waals surface area contributed by atoms with Crippen molar-refractivity contribution >= 4 is 5.91 Å². The number of rotatable bonds is 8. The number of nitrogens with one attached hydrogen (secondary N) is 1. The quantitative estimate of drug-likeness (QED) is 0.730. The summed E-state index contributed by atoms with van der Waals surface area (Å²) in [6.07, 6.45) is 6.82. The summed E-state index contributed by atoms with van der Waals surface area (Å²) in [5.41, 5.74) is 0.211. The molecule has 0 spiro atoms. The minimum absolute atomic E-state index is 0.0594. The zero-order chi connectivity index (χ0) is 14.5. The zero-order valence-electron chi connectivity index (χ0n) is 13.5. The van der Waals surface area contributed by atoms with Gasteiger partial charge in [-0.05, 0) is 24.7 Å². The number of hydrogen-bond donors (Lipinski definition) is 1. The van der Waals surface area contributed by atoms with E-state index in [1.165, 1.54) is 0 Å². The van der Waals surface area contributed by atoms with Gasteiger partial charge in [0.25, 0.3) is 0 Å². The van der Waals surface area contributed by atoms with Gasteiger partial charge in [-0.2, -0.15) is 0 Å². The highest BCUT2D eigenvalue weighted by Crippen LogP contribution is 2.27. The molecule has 1 rings (SSSR count). The SMILES string of the molecule is CCCCC1NC(CCC)N(CC(C)(C)CC)C1=O. The van der Waals surface area contributed by atoms with Crippen LogP contribution in [0, 0.1) is 5.41 Å². The molecule has 1 heterocycles. The Morgan fingerprint density at radius 2 is 1.84 bits per heavy atom. The number of nitrogens with zero attached hydrogens (tertiary/aromatic N) is 1. The molecule has 1 aliphatic heterocycles. The first-order chi connectivity index (χ1) is 8.95. The van der Waals surface area contributed by atoms with Crippen molar-refractivity contribution in [3.63, 3.8) is 0 Å². The summed E-state index contributed by atoms with van der Waals surface area (Å²) in [4.78, 5) is 14.7. The Bertz CT molecular complexity index is 288. The molecule has 3 heteroatoms. The van der Waals surface area contributed by atoms with Crippen molar-refractivity contribution in [2.75, 3.05) is 6.54 Å². The van der Waals surface area contributed by atoms with Crippen LogP contribution in [0.4, 0.5) is 0 Å². The van der Waals surface area contributed by atoms with Gasteiger partial charge in [-0.3, -0.25) is 10.1 Å². The van der Waals surface area contributed by atoms with Crippen molar-refractivity contribution in [1.82, 2.24) is 10.2 Å². The van der Waals surface area contributed by atoms with Gasteiger partial charge in [0.2, 0.25) is 5.91 Å². The predicted molar refractivity (Wildman–Crippen MR) is 80.9 cm³/mol. The van der Waals surface area contributed by atoms with E-state index in [1.807, 2.05) is 0 Å². The van der Waals surface area contributed by atoms with Gasteiger partial charge in [0.1, 0.15) is 0 Å². The Morgan fingerprint density at radius 3 is 2.37 bits per heavy atom. The first-order valence-electron chi connectivity index (χ1n) is 8.01. The molecule has 0 aromatic carbocycles. The largest absolute Gasteiger partial charge is 0.325 e. The molecule has 112 valence electrons. The Balaban J connectivity index is 2.71. The Kier molecular flexibility index (Phi) is 6.31. The van der Waals surface area contributed by atoms with Gasteiger partial charge in [-0.15, -0.1) is 0 Å². The molecule has 0 bridgehead atoms. The minimum atomic E-state index is 0.0594. The molecular formula is C16H32N2O. The fourth-order valence-corrected chi connectivity index (χ4v) is 2.64. The lowest BCUT2D eigenvalue weighted by molar-refractivity contribution is -0.131. The topological polar surface area (TPSA) is 32.3 Å². The Hall–Kier alpha value is -0.570. The second-order valence-electron chi connectivity index (χ2n) is 6.65. The average Bonchev–Trinajstić information content (AvgIpc) is 2.65. The van der Waals surface area contributed by atoms with Crippen molar-refractivity contribution in [2.45, 2.75) is 85.4 Å². The number of amides is 1.